The number of hydrogen-bond acceptors (Lipinski definition) is 2. The minimum atomic E-state index is -4.20. The van der Waals surface area contributed by atoms with Crippen molar-refractivity contribution in [2.45, 2.75) is 33.0 Å². The second-order valence-corrected chi connectivity index (χ2v) is 5.49. The molecule has 0 saturated carbocycles. The molecule has 0 aliphatic rings. The molecule has 1 aromatic carbocycles. The fraction of sp³-hybridized carbons (Fsp3) is 0.571. The Balaban J connectivity index is 2.95. The molecule has 0 fully saturated rings. The van der Waals surface area contributed by atoms with Crippen molar-refractivity contribution in [2.75, 3.05) is 24.5 Å². The standard InChI is InChI=1S/C14H20BrF3N2/c1-3-7-19-9-11-8-12(15)5-6-13(11)20(4-2)10-14(16,17)18/h5-6,8,19H,3-4,7,9-10H2,1-2H3. The number of benzene rings is 1. The highest BCUT2D eigenvalue weighted by Crippen LogP contribution is 2.27. The average molecular weight is 353 g/mol. The summed E-state index contributed by atoms with van der Waals surface area (Å²) in [6.07, 6.45) is -3.21. The van der Waals surface area contributed by atoms with Crippen LogP contribution in [0.1, 0.15) is 25.8 Å². The normalized spacial score (nSPS) is 11.7. The molecule has 0 amide bonds. The van der Waals surface area contributed by atoms with E-state index in [-0.39, 0.29) is 0 Å². The smallest absolute Gasteiger partial charge is 0.363 e. The van der Waals surface area contributed by atoms with Gasteiger partial charge in [-0.1, -0.05) is 22.9 Å². The molecular formula is C14H20BrF3N2. The van der Waals surface area contributed by atoms with Gasteiger partial charge in [0.15, 0.2) is 0 Å². The molecule has 1 N–H and O–H groups in total. The first-order valence-corrected chi connectivity index (χ1v) is 7.47. The lowest BCUT2D eigenvalue weighted by atomic mass is 10.1. The highest BCUT2D eigenvalue weighted by molar-refractivity contribution is 9.10. The number of nitrogens with zero attached hydrogens (tertiary/aromatic N) is 1. The zero-order chi connectivity index (χ0) is 15.2. The van der Waals surface area contributed by atoms with Gasteiger partial charge in [0.1, 0.15) is 6.54 Å². The SMILES string of the molecule is CCCNCc1cc(Br)ccc1N(CC)CC(F)(F)F. The predicted octanol–water partition coefficient (Wildman–Crippen LogP) is 4.34. The zero-order valence-electron chi connectivity index (χ0n) is 11.7. The molecule has 0 saturated heterocycles. The first-order chi connectivity index (χ1) is 9.37. The molecule has 1 rings (SSSR count). The van der Waals surface area contributed by atoms with Gasteiger partial charge in [-0.15, -0.1) is 0 Å². The molecular weight excluding hydrogens is 333 g/mol. The largest absolute Gasteiger partial charge is 0.405 e. The Hall–Kier alpha value is -0.750. The molecule has 0 atom stereocenters. The van der Waals surface area contributed by atoms with Crippen LogP contribution in [-0.4, -0.2) is 25.8 Å². The van der Waals surface area contributed by atoms with Crippen LogP contribution in [0.3, 0.4) is 0 Å². The minimum Gasteiger partial charge on any atom is -0.363 e. The fourth-order valence-corrected chi connectivity index (χ4v) is 2.40. The van der Waals surface area contributed by atoms with E-state index in [1.54, 1.807) is 19.1 Å². The Kier molecular flexibility index (Phi) is 6.82. The number of alkyl halides is 3. The summed E-state index contributed by atoms with van der Waals surface area (Å²) in [6.45, 7) is 4.59. The van der Waals surface area contributed by atoms with Gasteiger partial charge in [-0.3, -0.25) is 0 Å². The highest BCUT2D eigenvalue weighted by Gasteiger charge is 2.31. The maximum Gasteiger partial charge on any atom is 0.405 e. The van der Waals surface area contributed by atoms with Crippen LogP contribution in [0.5, 0.6) is 0 Å². The maximum atomic E-state index is 12.6. The van der Waals surface area contributed by atoms with E-state index in [1.807, 2.05) is 6.07 Å². The molecule has 0 aromatic heterocycles. The Morgan fingerprint density at radius 3 is 2.50 bits per heavy atom. The van der Waals surface area contributed by atoms with Crippen molar-refractivity contribution in [3.05, 3.63) is 28.2 Å². The molecule has 114 valence electrons. The number of nitrogens with one attached hydrogen (secondary N) is 1. The lowest BCUT2D eigenvalue weighted by Crippen LogP contribution is -2.35. The molecule has 0 aliphatic heterocycles. The average Bonchev–Trinajstić information content (AvgIpc) is 2.36. The van der Waals surface area contributed by atoms with Crippen LogP contribution in [0.15, 0.2) is 22.7 Å². The van der Waals surface area contributed by atoms with Gasteiger partial charge < -0.3 is 10.2 Å². The van der Waals surface area contributed by atoms with Gasteiger partial charge in [-0.05, 0) is 43.7 Å². The van der Waals surface area contributed by atoms with Crippen molar-refractivity contribution < 1.29 is 13.2 Å². The van der Waals surface area contributed by atoms with E-state index in [1.165, 1.54) is 4.90 Å². The summed E-state index contributed by atoms with van der Waals surface area (Å²) in [5.41, 5.74) is 1.51. The molecule has 1 aromatic rings. The van der Waals surface area contributed by atoms with Gasteiger partial charge in [0.05, 0.1) is 0 Å². The fourth-order valence-electron chi connectivity index (χ4n) is 1.99. The van der Waals surface area contributed by atoms with Crippen LogP contribution in [0.2, 0.25) is 0 Å². The van der Waals surface area contributed by atoms with E-state index >= 15 is 0 Å². The van der Waals surface area contributed by atoms with E-state index in [4.69, 9.17) is 0 Å². The quantitative estimate of drug-likeness (QED) is 0.734. The van der Waals surface area contributed by atoms with Gasteiger partial charge in [0, 0.05) is 23.2 Å². The van der Waals surface area contributed by atoms with Crippen molar-refractivity contribution in [3.63, 3.8) is 0 Å². The molecule has 6 heteroatoms. The van der Waals surface area contributed by atoms with Crippen LogP contribution < -0.4 is 10.2 Å². The lowest BCUT2D eigenvalue weighted by Gasteiger charge is -2.27. The summed E-state index contributed by atoms with van der Waals surface area (Å²) in [4.78, 5) is 1.36. The first kappa shape index (κ1) is 17.3. The van der Waals surface area contributed by atoms with Crippen LogP contribution in [-0.2, 0) is 6.54 Å². The van der Waals surface area contributed by atoms with Gasteiger partial charge >= 0.3 is 6.18 Å². The predicted molar refractivity (Wildman–Crippen MR) is 80.1 cm³/mol. The van der Waals surface area contributed by atoms with Crippen LogP contribution in [0.4, 0.5) is 18.9 Å². The maximum absolute atomic E-state index is 12.6. The third-order valence-electron chi connectivity index (χ3n) is 2.88. The summed E-state index contributed by atoms with van der Waals surface area (Å²) in [5.74, 6) is 0. The van der Waals surface area contributed by atoms with Gasteiger partial charge in [0.2, 0.25) is 0 Å². The van der Waals surface area contributed by atoms with Crippen molar-refractivity contribution in [1.82, 2.24) is 5.32 Å². The van der Waals surface area contributed by atoms with Crippen LogP contribution >= 0.6 is 15.9 Å². The monoisotopic (exact) mass is 352 g/mol. The van der Waals surface area contributed by atoms with E-state index in [2.05, 4.69) is 28.2 Å². The Morgan fingerprint density at radius 1 is 1.25 bits per heavy atom. The summed E-state index contributed by atoms with van der Waals surface area (Å²) in [7, 11) is 0. The molecule has 0 aliphatic carbocycles. The number of rotatable bonds is 7. The number of anilines is 1. The molecule has 20 heavy (non-hydrogen) atoms. The first-order valence-electron chi connectivity index (χ1n) is 6.68. The van der Waals surface area contributed by atoms with E-state index in [0.29, 0.717) is 18.8 Å². The van der Waals surface area contributed by atoms with Crippen LogP contribution in [0, 0.1) is 0 Å². The third kappa shape index (κ3) is 5.71. The minimum absolute atomic E-state index is 0.321. The Labute approximate surface area is 126 Å². The number of hydrogen-bond donors (Lipinski definition) is 1. The summed E-state index contributed by atoms with van der Waals surface area (Å²) < 4.78 is 38.8. The second-order valence-electron chi connectivity index (χ2n) is 4.58. The summed E-state index contributed by atoms with van der Waals surface area (Å²) in [6, 6.07) is 5.39. The van der Waals surface area contributed by atoms with Crippen LogP contribution in [0.25, 0.3) is 0 Å². The van der Waals surface area contributed by atoms with Crippen molar-refractivity contribution in [2.24, 2.45) is 0 Å². The zero-order valence-corrected chi connectivity index (χ0v) is 13.3. The van der Waals surface area contributed by atoms with Crippen molar-refractivity contribution in [3.8, 4) is 0 Å². The highest BCUT2D eigenvalue weighted by atomic mass is 79.9. The molecule has 2 nitrogen and oxygen atoms in total. The number of halogens is 4. The van der Waals surface area contributed by atoms with Crippen molar-refractivity contribution in [1.29, 1.82) is 0 Å². The molecule has 0 radical (unpaired) electrons. The van der Waals surface area contributed by atoms with Crippen molar-refractivity contribution >= 4 is 21.6 Å². The molecule has 0 heterocycles. The van der Waals surface area contributed by atoms with Gasteiger partial charge in [0.25, 0.3) is 0 Å². The van der Waals surface area contributed by atoms with E-state index < -0.39 is 12.7 Å². The third-order valence-corrected chi connectivity index (χ3v) is 3.37. The molecule has 0 unspecified atom stereocenters. The van der Waals surface area contributed by atoms with Gasteiger partial charge in [-0.2, -0.15) is 13.2 Å². The Morgan fingerprint density at radius 2 is 1.95 bits per heavy atom. The Bertz CT molecular complexity index is 421. The molecule has 0 bridgehead atoms. The lowest BCUT2D eigenvalue weighted by molar-refractivity contribution is -0.119. The molecule has 0 spiro atoms. The topological polar surface area (TPSA) is 15.3 Å². The summed E-state index contributed by atoms with van der Waals surface area (Å²) >= 11 is 3.37. The second kappa shape index (κ2) is 7.88. The van der Waals surface area contributed by atoms with Gasteiger partial charge in [-0.25, -0.2) is 0 Å². The summed E-state index contributed by atoms with van der Waals surface area (Å²) in [5, 5.41) is 3.23. The van der Waals surface area contributed by atoms with E-state index in [9.17, 15) is 13.2 Å². The van der Waals surface area contributed by atoms with E-state index in [0.717, 1.165) is 23.0 Å².